The van der Waals surface area contributed by atoms with Crippen molar-refractivity contribution < 1.29 is 4.74 Å². The maximum absolute atomic E-state index is 5.85. The molecule has 2 rings (SSSR count). The smallest absolute Gasteiger partial charge is 0.119 e. The molecule has 0 aliphatic rings. The molecule has 0 N–H and O–H groups in total. The summed E-state index contributed by atoms with van der Waals surface area (Å²) in [5.41, 5.74) is 3.12. The van der Waals surface area contributed by atoms with Crippen LogP contribution in [0.4, 0.5) is 11.4 Å². The van der Waals surface area contributed by atoms with E-state index in [0.717, 1.165) is 36.6 Å². The molecule has 0 saturated heterocycles. The predicted octanol–water partition coefficient (Wildman–Crippen LogP) is 9.35. The first kappa shape index (κ1) is 24.1. The summed E-state index contributed by atoms with van der Waals surface area (Å²) in [5, 5.41) is 8.69. The van der Waals surface area contributed by atoms with Crippen molar-refractivity contribution in [3.05, 3.63) is 54.1 Å². The monoisotopic (exact) mass is 408 g/mol. The SMILES string of the molecule is CCCCCCCCCCOc1ccc(N=Nc2ccc(CCCCC)cc2)cc1. The van der Waals surface area contributed by atoms with Gasteiger partial charge in [-0.1, -0.05) is 83.8 Å². The maximum Gasteiger partial charge on any atom is 0.119 e. The molecule has 2 aromatic rings. The molecule has 0 unspecified atom stereocenters. The molecule has 0 aliphatic heterocycles. The molecule has 0 fully saturated rings. The fourth-order valence-electron chi connectivity index (χ4n) is 3.46. The third-order valence-corrected chi connectivity index (χ3v) is 5.39. The van der Waals surface area contributed by atoms with Gasteiger partial charge in [0.05, 0.1) is 18.0 Å². The highest BCUT2D eigenvalue weighted by Crippen LogP contribution is 2.22. The lowest BCUT2D eigenvalue weighted by molar-refractivity contribution is 0.304. The number of aryl methyl sites for hydroxylation is 1. The van der Waals surface area contributed by atoms with Gasteiger partial charge in [-0.3, -0.25) is 0 Å². The predicted molar refractivity (Wildman–Crippen MR) is 128 cm³/mol. The Morgan fingerprint density at radius 1 is 0.567 bits per heavy atom. The molecule has 3 heteroatoms. The summed E-state index contributed by atoms with van der Waals surface area (Å²) in [6, 6.07) is 16.3. The van der Waals surface area contributed by atoms with Crippen molar-refractivity contribution in [1.82, 2.24) is 0 Å². The highest BCUT2D eigenvalue weighted by Gasteiger charge is 1.98. The van der Waals surface area contributed by atoms with Crippen molar-refractivity contribution in [2.24, 2.45) is 10.2 Å². The quantitative estimate of drug-likeness (QED) is 0.201. The van der Waals surface area contributed by atoms with E-state index in [9.17, 15) is 0 Å². The van der Waals surface area contributed by atoms with Crippen LogP contribution in [-0.4, -0.2) is 6.61 Å². The summed E-state index contributed by atoms with van der Waals surface area (Å²) in [4.78, 5) is 0. The molecule has 0 saturated carbocycles. The number of hydrogen-bond acceptors (Lipinski definition) is 3. The van der Waals surface area contributed by atoms with Gasteiger partial charge in [0.25, 0.3) is 0 Å². The Kier molecular flexibility index (Phi) is 12.6. The minimum Gasteiger partial charge on any atom is -0.494 e. The van der Waals surface area contributed by atoms with E-state index in [0.29, 0.717) is 0 Å². The molecule has 0 heterocycles. The average molecular weight is 409 g/mol. The van der Waals surface area contributed by atoms with E-state index in [-0.39, 0.29) is 0 Å². The summed E-state index contributed by atoms with van der Waals surface area (Å²) in [7, 11) is 0. The van der Waals surface area contributed by atoms with Gasteiger partial charge in [0.2, 0.25) is 0 Å². The van der Waals surface area contributed by atoms with E-state index >= 15 is 0 Å². The largest absolute Gasteiger partial charge is 0.494 e. The van der Waals surface area contributed by atoms with Gasteiger partial charge in [0.1, 0.15) is 5.75 Å². The summed E-state index contributed by atoms with van der Waals surface area (Å²) < 4.78 is 5.85. The first-order chi connectivity index (χ1) is 14.8. The number of ether oxygens (including phenoxy) is 1. The normalized spacial score (nSPS) is 11.3. The number of azo groups is 1. The van der Waals surface area contributed by atoms with Crippen LogP contribution in [0.25, 0.3) is 0 Å². The zero-order valence-electron chi connectivity index (χ0n) is 19.1. The van der Waals surface area contributed by atoms with Crippen LogP contribution in [0, 0.1) is 0 Å². The van der Waals surface area contributed by atoms with Crippen LogP contribution in [0.1, 0.15) is 90.0 Å². The van der Waals surface area contributed by atoms with E-state index in [1.807, 2.05) is 36.4 Å². The molecule has 0 bridgehead atoms. The van der Waals surface area contributed by atoms with E-state index < -0.39 is 0 Å². The summed E-state index contributed by atoms with van der Waals surface area (Å²) in [5.74, 6) is 0.910. The molecular formula is C27H40N2O. The van der Waals surface area contributed by atoms with E-state index in [4.69, 9.17) is 4.74 Å². The Morgan fingerprint density at radius 2 is 1.07 bits per heavy atom. The average Bonchev–Trinajstić information content (AvgIpc) is 2.78. The molecule has 0 spiro atoms. The number of hydrogen-bond donors (Lipinski definition) is 0. The van der Waals surface area contributed by atoms with Gasteiger partial charge in [-0.25, -0.2) is 0 Å². The van der Waals surface area contributed by atoms with Crippen molar-refractivity contribution in [1.29, 1.82) is 0 Å². The maximum atomic E-state index is 5.85. The molecule has 0 amide bonds. The molecule has 0 atom stereocenters. The molecule has 2 aromatic carbocycles. The van der Waals surface area contributed by atoms with Gasteiger partial charge < -0.3 is 4.74 Å². The Labute approximate surface area is 184 Å². The van der Waals surface area contributed by atoms with Crippen LogP contribution in [0.15, 0.2) is 58.8 Å². The fraction of sp³-hybridized carbons (Fsp3) is 0.556. The van der Waals surface area contributed by atoms with Gasteiger partial charge in [0.15, 0.2) is 0 Å². The second kappa shape index (κ2) is 15.6. The number of rotatable bonds is 16. The number of unbranched alkanes of at least 4 members (excludes halogenated alkanes) is 9. The highest BCUT2D eigenvalue weighted by atomic mass is 16.5. The zero-order chi connectivity index (χ0) is 21.3. The van der Waals surface area contributed by atoms with Crippen molar-refractivity contribution in [2.75, 3.05) is 6.61 Å². The lowest BCUT2D eigenvalue weighted by Gasteiger charge is -2.06. The Bertz CT molecular complexity index is 692. The van der Waals surface area contributed by atoms with Crippen molar-refractivity contribution in [3.8, 4) is 5.75 Å². The molecule has 0 radical (unpaired) electrons. The standard InChI is InChI=1S/C27H40N2O/c1-3-5-7-8-9-10-11-13-23-30-27-21-19-26(20-22-27)29-28-25-17-15-24(16-18-25)14-12-6-4-2/h15-22H,3-14,23H2,1-2H3. The van der Waals surface area contributed by atoms with Gasteiger partial charge in [-0.05, 0) is 61.2 Å². The minimum atomic E-state index is 0.792. The first-order valence-electron chi connectivity index (χ1n) is 12.1. The van der Waals surface area contributed by atoms with Crippen LogP contribution in [-0.2, 0) is 6.42 Å². The zero-order valence-corrected chi connectivity index (χ0v) is 19.1. The van der Waals surface area contributed by atoms with Crippen LogP contribution in [0.2, 0.25) is 0 Å². The Hall–Kier alpha value is -2.16. The second-order valence-electron chi connectivity index (χ2n) is 8.14. The van der Waals surface area contributed by atoms with Crippen LogP contribution in [0.5, 0.6) is 5.75 Å². The molecular weight excluding hydrogens is 368 g/mol. The van der Waals surface area contributed by atoms with Gasteiger partial charge in [-0.15, -0.1) is 0 Å². The van der Waals surface area contributed by atoms with Gasteiger partial charge in [-0.2, -0.15) is 10.2 Å². The Balaban J connectivity index is 1.64. The Morgan fingerprint density at radius 3 is 1.67 bits per heavy atom. The van der Waals surface area contributed by atoms with Crippen LogP contribution >= 0.6 is 0 Å². The summed E-state index contributed by atoms with van der Waals surface area (Å²) in [6.07, 6.45) is 15.5. The lowest BCUT2D eigenvalue weighted by Crippen LogP contribution is -1.96. The minimum absolute atomic E-state index is 0.792. The second-order valence-corrected chi connectivity index (χ2v) is 8.14. The van der Waals surface area contributed by atoms with E-state index in [2.05, 4.69) is 36.2 Å². The highest BCUT2D eigenvalue weighted by molar-refractivity contribution is 5.43. The number of nitrogens with zero attached hydrogens (tertiary/aromatic N) is 2. The van der Waals surface area contributed by atoms with Gasteiger partial charge in [0, 0.05) is 0 Å². The topological polar surface area (TPSA) is 34.0 Å². The summed E-state index contributed by atoms with van der Waals surface area (Å²) >= 11 is 0. The fourth-order valence-corrected chi connectivity index (χ4v) is 3.46. The molecule has 30 heavy (non-hydrogen) atoms. The third-order valence-electron chi connectivity index (χ3n) is 5.39. The van der Waals surface area contributed by atoms with E-state index in [1.54, 1.807) is 0 Å². The molecule has 0 aliphatic carbocycles. The van der Waals surface area contributed by atoms with Crippen LogP contribution in [0.3, 0.4) is 0 Å². The molecule has 3 nitrogen and oxygen atoms in total. The lowest BCUT2D eigenvalue weighted by atomic mass is 10.1. The van der Waals surface area contributed by atoms with Gasteiger partial charge >= 0.3 is 0 Å². The first-order valence-corrected chi connectivity index (χ1v) is 12.1. The molecule has 164 valence electrons. The van der Waals surface area contributed by atoms with Crippen molar-refractivity contribution >= 4 is 11.4 Å². The molecule has 0 aromatic heterocycles. The number of benzene rings is 2. The van der Waals surface area contributed by atoms with E-state index in [1.165, 1.54) is 69.8 Å². The van der Waals surface area contributed by atoms with Crippen molar-refractivity contribution in [2.45, 2.75) is 90.9 Å². The van der Waals surface area contributed by atoms with Crippen LogP contribution < -0.4 is 4.74 Å². The van der Waals surface area contributed by atoms with Crippen molar-refractivity contribution in [3.63, 3.8) is 0 Å². The third kappa shape index (κ3) is 10.6. The summed E-state index contributed by atoms with van der Waals surface area (Å²) in [6.45, 7) is 5.29.